The van der Waals surface area contributed by atoms with E-state index in [1.54, 1.807) is 18.3 Å². The van der Waals surface area contributed by atoms with Gasteiger partial charge in [-0.1, -0.05) is 41.4 Å². The van der Waals surface area contributed by atoms with E-state index in [4.69, 9.17) is 23.2 Å². The molecule has 4 rings (SSSR count). The van der Waals surface area contributed by atoms with E-state index in [-0.39, 0.29) is 11.7 Å². The lowest BCUT2D eigenvalue weighted by Gasteiger charge is -2.35. The zero-order valence-corrected chi connectivity index (χ0v) is 18.2. The zero-order chi connectivity index (χ0) is 21.4. The molecular weight excluding hydrogens is 421 g/mol. The summed E-state index contributed by atoms with van der Waals surface area (Å²) in [7, 11) is 0. The summed E-state index contributed by atoms with van der Waals surface area (Å²) in [6.45, 7) is 3.72. The smallest absolute Gasteiger partial charge is 0.255 e. The fourth-order valence-corrected chi connectivity index (χ4v) is 4.55. The molecule has 7 heteroatoms. The maximum Gasteiger partial charge on any atom is 0.255 e. The number of rotatable bonds is 3. The number of carbonyl (C=O) groups excluding carboxylic acids is 2. The van der Waals surface area contributed by atoms with E-state index >= 15 is 0 Å². The van der Waals surface area contributed by atoms with Gasteiger partial charge in [-0.05, 0) is 49.9 Å². The molecule has 0 unspecified atom stereocenters. The lowest BCUT2D eigenvalue weighted by molar-refractivity contribution is -0.116. The second-order valence-corrected chi connectivity index (χ2v) is 8.32. The van der Waals surface area contributed by atoms with Crippen LogP contribution < -0.4 is 10.6 Å². The average molecular weight is 442 g/mol. The maximum absolute atomic E-state index is 13.4. The summed E-state index contributed by atoms with van der Waals surface area (Å²) in [6.07, 6.45) is 3.60. The van der Waals surface area contributed by atoms with Gasteiger partial charge in [0.15, 0.2) is 5.78 Å². The summed E-state index contributed by atoms with van der Waals surface area (Å²) in [5.74, 6) is -0.415. The number of halogens is 2. The summed E-state index contributed by atoms with van der Waals surface area (Å²) >= 11 is 12.8. The maximum atomic E-state index is 13.4. The Labute approximate surface area is 185 Å². The first-order valence-electron chi connectivity index (χ1n) is 9.79. The number of nitrogens with zero attached hydrogens (tertiary/aromatic N) is 1. The topological polar surface area (TPSA) is 71.1 Å². The third kappa shape index (κ3) is 3.64. The van der Waals surface area contributed by atoms with E-state index in [2.05, 4.69) is 15.6 Å². The molecule has 2 N–H and O–H groups in total. The molecule has 154 valence electrons. The predicted molar refractivity (Wildman–Crippen MR) is 119 cm³/mol. The molecule has 0 saturated carbocycles. The summed E-state index contributed by atoms with van der Waals surface area (Å²) in [5, 5.41) is 6.93. The third-order valence-corrected chi connectivity index (χ3v) is 6.39. The molecule has 0 saturated heterocycles. The molecule has 1 atom stereocenters. The number of hydrogen-bond donors (Lipinski definition) is 2. The minimum absolute atomic E-state index is 0.0246. The van der Waals surface area contributed by atoms with Crippen LogP contribution in [0, 0.1) is 6.92 Å². The molecule has 1 aromatic heterocycles. The minimum Gasteiger partial charge on any atom is -0.362 e. The molecule has 0 spiro atoms. The number of aromatic nitrogens is 1. The van der Waals surface area contributed by atoms with Gasteiger partial charge in [0.05, 0.1) is 10.0 Å². The number of aryl methyl sites for hydroxylation is 1. The molecular formula is C23H21Cl2N3O2. The Morgan fingerprint density at radius 1 is 1.17 bits per heavy atom. The fourth-order valence-electron chi connectivity index (χ4n) is 4.13. The van der Waals surface area contributed by atoms with Crippen LogP contribution in [0.3, 0.4) is 0 Å². The van der Waals surface area contributed by atoms with E-state index in [1.807, 2.05) is 32.0 Å². The minimum atomic E-state index is -0.593. The van der Waals surface area contributed by atoms with Crippen molar-refractivity contribution in [2.24, 2.45) is 0 Å². The monoisotopic (exact) mass is 441 g/mol. The van der Waals surface area contributed by atoms with Crippen LogP contribution in [-0.2, 0) is 9.59 Å². The molecule has 1 amide bonds. The molecule has 0 fully saturated rings. The summed E-state index contributed by atoms with van der Waals surface area (Å²) in [5.41, 5.74) is 4.08. The Kier molecular flexibility index (Phi) is 5.67. The molecule has 2 aliphatic rings. The van der Waals surface area contributed by atoms with E-state index in [9.17, 15) is 9.59 Å². The summed E-state index contributed by atoms with van der Waals surface area (Å²) < 4.78 is 0. The molecule has 5 nitrogen and oxygen atoms in total. The normalized spacial score (nSPS) is 18.8. The number of Topliss-reactive ketones (excluding diaryl/α,β-unsaturated/α-hetero) is 1. The highest BCUT2D eigenvalue weighted by Gasteiger charge is 2.39. The van der Waals surface area contributed by atoms with Gasteiger partial charge in [-0.15, -0.1) is 0 Å². The second kappa shape index (κ2) is 8.25. The van der Waals surface area contributed by atoms with Crippen molar-refractivity contribution in [1.29, 1.82) is 0 Å². The molecule has 0 radical (unpaired) electrons. The number of ketones is 1. The standard InChI is InChI=1S/C23H21Cl2N3O2/c1-12-6-5-11-26-22(12)28-23(30)18-13(2)27-16-9-4-10-17(29)20(16)19(18)14-7-3-8-15(24)21(14)25/h3,5-8,11,19,27H,4,9-10H2,1-2H3,(H,26,28,30)/t19-/m0/s1. The number of allylic oxidation sites excluding steroid dienone is 3. The van der Waals surface area contributed by atoms with Crippen molar-refractivity contribution < 1.29 is 9.59 Å². The highest BCUT2D eigenvalue weighted by atomic mass is 35.5. The van der Waals surface area contributed by atoms with Crippen molar-refractivity contribution in [2.75, 3.05) is 5.32 Å². The van der Waals surface area contributed by atoms with E-state index < -0.39 is 5.92 Å². The van der Waals surface area contributed by atoms with E-state index in [0.717, 1.165) is 24.1 Å². The molecule has 1 aromatic carbocycles. The average Bonchev–Trinajstić information content (AvgIpc) is 2.71. The zero-order valence-electron chi connectivity index (χ0n) is 16.7. The van der Waals surface area contributed by atoms with Gasteiger partial charge in [0.2, 0.25) is 0 Å². The van der Waals surface area contributed by atoms with Crippen LogP contribution in [0.5, 0.6) is 0 Å². The van der Waals surface area contributed by atoms with Crippen LogP contribution in [0.1, 0.15) is 43.2 Å². The lowest BCUT2D eigenvalue weighted by atomic mass is 9.75. The Bertz CT molecular complexity index is 1120. The van der Waals surface area contributed by atoms with Gasteiger partial charge in [-0.25, -0.2) is 4.98 Å². The molecule has 2 aromatic rings. The van der Waals surface area contributed by atoms with Crippen LogP contribution in [0.25, 0.3) is 0 Å². The lowest BCUT2D eigenvalue weighted by Crippen LogP contribution is -2.35. The van der Waals surface area contributed by atoms with Gasteiger partial charge >= 0.3 is 0 Å². The number of hydrogen-bond acceptors (Lipinski definition) is 4. The van der Waals surface area contributed by atoms with Crippen molar-refractivity contribution in [3.8, 4) is 0 Å². The molecule has 1 aliphatic heterocycles. The first-order chi connectivity index (χ1) is 14.4. The Morgan fingerprint density at radius 3 is 2.73 bits per heavy atom. The quantitative estimate of drug-likeness (QED) is 0.677. The summed E-state index contributed by atoms with van der Waals surface area (Å²) in [6, 6.07) is 8.99. The van der Waals surface area contributed by atoms with Gasteiger partial charge in [-0.3, -0.25) is 9.59 Å². The highest BCUT2D eigenvalue weighted by molar-refractivity contribution is 6.42. The number of dihydropyridines is 1. The third-order valence-electron chi connectivity index (χ3n) is 5.55. The molecule has 0 bridgehead atoms. The number of amides is 1. The van der Waals surface area contributed by atoms with Gasteiger partial charge in [0, 0.05) is 41.1 Å². The van der Waals surface area contributed by atoms with Crippen molar-refractivity contribution in [3.05, 3.63) is 80.2 Å². The molecule has 1 aliphatic carbocycles. The number of pyridine rings is 1. The molecule has 2 heterocycles. The van der Waals surface area contributed by atoms with Crippen LogP contribution >= 0.6 is 23.2 Å². The number of benzene rings is 1. The van der Waals surface area contributed by atoms with Crippen molar-refractivity contribution in [3.63, 3.8) is 0 Å². The number of carbonyl (C=O) groups is 2. The van der Waals surface area contributed by atoms with Gasteiger partial charge in [0.1, 0.15) is 5.82 Å². The van der Waals surface area contributed by atoms with Gasteiger partial charge in [0.25, 0.3) is 5.91 Å². The predicted octanol–water partition coefficient (Wildman–Crippen LogP) is 5.30. The van der Waals surface area contributed by atoms with Crippen LogP contribution in [0.2, 0.25) is 10.0 Å². The SMILES string of the molecule is CC1=C(C(=O)Nc2ncccc2C)[C@H](c2cccc(Cl)c2Cl)C2=C(CCCC2=O)N1. The number of nitrogens with one attached hydrogen (secondary N) is 2. The second-order valence-electron chi connectivity index (χ2n) is 7.53. The van der Waals surface area contributed by atoms with Crippen LogP contribution in [0.4, 0.5) is 5.82 Å². The summed E-state index contributed by atoms with van der Waals surface area (Å²) in [4.78, 5) is 30.7. The van der Waals surface area contributed by atoms with Crippen LogP contribution in [-0.4, -0.2) is 16.7 Å². The van der Waals surface area contributed by atoms with Crippen molar-refractivity contribution in [1.82, 2.24) is 10.3 Å². The van der Waals surface area contributed by atoms with E-state index in [1.165, 1.54) is 0 Å². The van der Waals surface area contributed by atoms with Gasteiger partial charge in [-0.2, -0.15) is 0 Å². The van der Waals surface area contributed by atoms with Gasteiger partial charge < -0.3 is 10.6 Å². The first-order valence-corrected chi connectivity index (χ1v) is 10.5. The Morgan fingerprint density at radius 2 is 1.97 bits per heavy atom. The largest absolute Gasteiger partial charge is 0.362 e. The fraction of sp³-hybridized carbons (Fsp3) is 0.261. The van der Waals surface area contributed by atoms with Crippen molar-refractivity contribution >= 4 is 40.7 Å². The first kappa shape index (κ1) is 20.6. The number of anilines is 1. The van der Waals surface area contributed by atoms with E-state index in [0.29, 0.717) is 44.7 Å². The Balaban J connectivity index is 1.85. The van der Waals surface area contributed by atoms with Crippen LogP contribution in [0.15, 0.2) is 59.1 Å². The Hall–Kier alpha value is -2.63. The van der Waals surface area contributed by atoms with Crippen molar-refractivity contribution in [2.45, 2.75) is 39.0 Å². The highest BCUT2D eigenvalue weighted by Crippen LogP contribution is 2.45. The molecule has 30 heavy (non-hydrogen) atoms.